The molecular formula is C21H22F3N3O3S. The summed E-state index contributed by atoms with van der Waals surface area (Å²) in [7, 11) is 3.02. The second-order valence-corrected chi connectivity index (χ2v) is 7.59. The maximum absolute atomic E-state index is 13.1. The van der Waals surface area contributed by atoms with Gasteiger partial charge < -0.3 is 19.4 Å². The van der Waals surface area contributed by atoms with Crippen molar-refractivity contribution in [3.63, 3.8) is 0 Å². The molecule has 2 aromatic carbocycles. The lowest BCUT2D eigenvalue weighted by Gasteiger charge is -2.12. The Morgan fingerprint density at radius 1 is 1.16 bits per heavy atom. The van der Waals surface area contributed by atoms with Crippen molar-refractivity contribution in [2.45, 2.75) is 31.2 Å². The second-order valence-electron chi connectivity index (χ2n) is 6.65. The summed E-state index contributed by atoms with van der Waals surface area (Å²) in [4.78, 5) is 16.9. The van der Waals surface area contributed by atoms with Crippen molar-refractivity contribution >= 4 is 34.4 Å². The number of aromatic nitrogens is 2. The largest absolute Gasteiger partial charge is 0.497 e. The Morgan fingerprint density at radius 2 is 1.94 bits per heavy atom. The number of imidazole rings is 1. The average Bonchev–Trinajstić information content (AvgIpc) is 3.09. The Morgan fingerprint density at radius 3 is 2.58 bits per heavy atom. The number of anilines is 1. The van der Waals surface area contributed by atoms with E-state index < -0.39 is 11.7 Å². The van der Waals surface area contributed by atoms with Crippen LogP contribution in [0.5, 0.6) is 11.5 Å². The Hall–Kier alpha value is -2.88. The number of alkyl halides is 3. The van der Waals surface area contributed by atoms with Gasteiger partial charge in [0.15, 0.2) is 5.16 Å². The number of aryl methyl sites for hydroxylation is 1. The monoisotopic (exact) mass is 453 g/mol. The summed E-state index contributed by atoms with van der Waals surface area (Å²) in [5, 5.41) is 3.26. The van der Waals surface area contributed by atoms with Crippen LogP contribution in [0.1, 0.15) is 18.9 Å². The molecule has 1 N–H and O–H groups in total. The van der Waals surface area contributed by atoms with Crippen LogP contribution in [0.3, 0.4) is 0 Å². The number of hydrogen-bond donors (Lipinski definition) is 1. The molecule has 166 valence electrons. The van der Waals surface area contributed by atoms with E-state index in [1.54, 1.807) is 22.8 Å². The minimum atomic E-state index is -4.43. The molecule has 10 heteroatoms. The van der Waals surface area contributed by atoms with Crippen molar-refractivity contribution in [3.8, 4) is 11.5 Å². The highest BCUT2D eigenvalue weighted by atomic mass is 32.2. The molecule has 0 fully saturated rings. The molecule has 1 heterocycles. The number of ether oxygens (including phenoxy) is 2. The number of nitrogens with zero attached hydrogens (tertiary/aromatic N) is 2. The first-order chi connectivity index (χ1) is 14.8. The third kappa shape index (κ3) is 5.25. The fourth-order valence-electron chi connectivity index (χ4n) is 3.05. The molecule has 1 aromatic heterocycles. The Labute approximate surface area is 181 Å². The van der Waals surface area contributed by atoms with Crippen LogP contribution in [0.15, 0.2) is 41.6 Å². The second kappa shape index (κ2) is 9.51. The average molecular weight is 453 g/mol. The molecule has 1 amide bonds. The van der Waals surface area contributed by atoms with Gasteiger partial charge in [-0.15, -0.1) is 0 Å². The van der Waals surface area contributed by atoms with Gasteiger partial charge in [-0.3, -0.25) is 4.79 Å². The van der Waals surface area contributed by atoms with E-state index in [-0.39, 0.29) is 11.7 Å². The number of carbonyl (C=O) groups is 1. The molecule has 0 spiro atoms. The van der Waals surface area contributed by atoms with E-state index in [1.165, 1.54) is 32.0 Å². The highest BCUT2D eigenvalue weighted by Gasteiger charge is 2.31. The molecule has 0 bridgehead atoms. The Bertz CT molecular complexity index is 1080. The van der Waals surface area contributed by atoms with Crippen molar-refractivity contribution in [1.82, 2.24) is 9.55 Å². The predicted octanol–water partition coefficient (Wildman–Crippen LogP) is 5.21. The van der Waals surface area contributed by atoms with Crippen LogP contribution in [0.25, 0.3) is 11.0 Å². The van der Waals surface area contributed by atoms with Crippen LogP contribution in [-0.2, 0) is 17.5 Å². The van der Waals surface area contributed by atoms with Crippen LogP contribution < -0.4 is 14.8 Å². The molecule has 0 atom stereocenters. The molecule has 0 saturated heterocycles. The predicted molar refractivity (Wildman–Crippen MR) is 114 cm³/mol. The summed E-state index contributed by atoms with van der Waals surface area (Å²) in [6.45, 7) is 2.42. The summed E-state index contributed by atoms with van der Waals surface area (Å²) < 4.78 is 51.4. The van der Waals surface area contributed by atoms with Crippen LogP contribution in [0.4, 0.5) is 18.9 Å². The first-order valence-electron chi connectivity index (χ1n) is 9.49. The van der Waals surface area contributed by atoms with E-state index in [0.29, 0.717) is 46.3 Å². The number of hydrogen-bond acceptors (Lipinski definition) is 5. The first-order valence-corrected chi connectivity index (χ1v) is 10.5. The van der Waals surface area contributed by atoms with E-state index >= 15 is 0 Å². The lowest BCUT2D eigenvalue weighted by molar-refractivity contribution is -0.137. The molecule has 31 heavy (non-hydrogen) atoms. The zero-order valence-electron chi connectivity index (χ0n) is 17.2. The third-order valence-electron chi connectivity index (χ3n) is 4.50. The van der Waals surface area contributed by atoms with Gasteiger partial charge in [-0.05, 0) is 36.8 Å². The minimum Gasteiger partial charge on any atom is -0.497 e. The molecule has 0 unspecified atom stereocenters. The number of thioether (sulfide) groups is 1. The molecule has 3 rings (SSSR count). The van der Waals surface area contributed by atoms with Gasteiger partial charge in [0.05, 0.1) is 42.3 Å². The van der Waals surface area contributed by atoms with Crippen molar-refractivity contribution in [3.05, 3.63) is 42.0 Å². The quantitative estimate of drug-likeness (QED) is 0.474. The van der Waals surface area contributed by atoms with Crippen molar-refractivity contribution in [2.24, 2.45) is 0 Å². The summed E-state index contributed by atoms with van der Waals surface area (Å²) >= 11 is 1.17. The SMILES string of the molecule is CCCn1c(SCC(=O)Nc2ccc(OC)cc2OC)nc2ccc(C(F)(F)F)cc21. The van der Waals surface area contributed by atoms with Crippen LogP contribution >= 0.6 is 11.8 Å². The van der Waals surface area contributed by atoms with Gasteiger partial charge >= 0.3 is 6.18 Å². The van der Waals surface area contributed by atoms with Gasteiger partial charge in [-0.25, -0.2) is 4.98 Å². The standard InChI is InChI=1S/C21H22F3N3O3S/c1-4-9-27-17-10-13(21(22,23)24)5-7-15(17)26-20(27)31-12-19(28)25-16-8-6-14(29-2)11-18(16)30-3/h5-8,10-11H,4,9,12H2,1-3H3,(H,25,28). The normalized spacial score (nSPS) is 11.5. The molecule has 0 aliphatic rings. The molecule has 0 aliphatic carbocycles. The van der Waals surface area contributed by atoms with Gasteiger partial charge in [0.2, 0.25) is 5.91 Å². The van der Waals surface area contributed by atoms with E-state index in [4.69, 9.17) is 9.47 Å². The highest BCUT2D eigenvalue weighted by molar-refractivity contribution is 7.99. The number of carbonyl (C=O) groups excluding carboxylic acids is 1. The zero-order chi connectivity index (χ0) is 22.6. The maximum Gasteiger partial charge on any atom is 0.416 e. The smallest absolute Gasteiger partial charge is 0.416 e. The Balaban J connectivity index is 1.78. The maximum atomic E-state index is 13.1. The summed E-state index contributed by atoms with van der Waals surface area (Å²) in [6, 6.07) is 8.50. The van der Waals surface area contributed by atoms with Crippen LogP contribution in [0, 0.1) is 0 Å². The number of rotatable bonds is 8. The van der Waals surface area contributed by atoms with E-state index in [0.717, 1.165) is 12.1 Å². The van der Waals surface area contributed by atoms with Gasteiger partial charge in [-0.2, -0.15) is 13.2 Å². The number of methoxy groups -OCH3 is 2. The number of benzene rings is 2. The zero-order valence-corrected chi connectivity index (χ0v) is 18.1. The molecular weight excluding hydrogens is 431 g/mol. The van der Waals surface area contributed by atoms with Crippen molar-refractivity contribution < 1.29 is 27.4 Å². The fraction of sp³-hybridized carbons (Fsp3) is 0.333. The summed E-state index contributed by atoms with van der Waals surface area (Å²) in [6.07, 6.45) is -3.72. The third-order valence-corrected chi connectivity index (χ3v) is 5.48. The number of fused-ring (bicyclic) bond motifs is 1. The molecule has 6 nitrogen and oxygen atoms in total. The highest BCUT2D eigenvalue weighted by Crippen LogP contribution is 2.33. The molecule has 0 saturated carbocycles. The van der Waals surface area contributed by atoms with E-state index in [1.807, 2.05) is 6.92 Å². The lowest BCUT2D eigenvalue weighted by Crippen LogP contribution is -2.15. The number of nitrogens with one attached hydrogen (secondary N) is 1. The van der Waals surface area contributed by atoms with Gasteiger partial charge in [0.1, 0.15) is 11.5 Å². The van der Waals surface area contributed by atoms with Crippen molar-refractivity contribution in [2.75, 3.05) is 25.3 Å². The van der Waals surface area contributed by atoms with Gasteiger partial charge in [0.25, 0.3) is 0 Å². The van der Waals surface area contributed by atoms with E-state index in [2.05, 4.69) is 10.3 Å². The van der Waals surface area contributed by atoms with Crippen molar-refractivity contribution in [1.29, 1.82) is 0 Å². The first kappa shape index (κ1) is 22.8. The minimum absolute atomic E-state index is 0.0361. The van der Waals surface area contributed by atoms with Crippen LogP contribution in [0.2, 0.25) is 0 Å². The van der Waals surface area contributed by atoms with Gasteiger partial charge in [0, 0.05) is 12.6 Å². The molecule has 3 aromatic rings. The van der Waals surface area contributed by atoms with E-state index in [9.17, 15) is 18.0 Å². The van der Waals surface area contributed by atoms with Gasteiger partial charge in [-0.1, -0.05) is 18.7 Å². The summed E-state index contributed by atoms with van der Waals surface area (Å²) in [5.41, 5.74) is 0.626. The number of amides is 1. The molecule has 0 radical (unpaired) electrons. The summed E-state index contributed by atoms with van der Waals surface area (Å²) in [5.74, 6) is 0.792. The topological polar surface area (TPSA) is 65.4 Å². The van der Waals surface area contributed by atoms with Crippen LogP contribution in [-0.4, -0.2) is 35.4 Å². The Kier molecular flexibility index (Phi) is 6.99. The lowest BCUT2D eigenvalue weighted by atomic mass is 10.2. The molecule has 0 aliphatic heterocycles. The number of halogens is 3. The fourth-order valence-corrected chi connectivity index (χ4v) is 3.89.